The number of rotatable bonds is 9. The summed E-state index contributed by atoms with van der Waals surface area (Å²) in [6.45, 7) is 7.36. The molecular weight excluding hydrogens is 490 g/mol. The molecule has 2 heterocycles. The van der Waals surface area contributed by atoms with Gasteiger partial charge in [0.1, 0.15) is 22.3 Å². The predicted octanol–water partition coefficient (Wildman–Crippen LogP) is 4.69. The Kier molecular flexibility index (Phi) is 8.78. The summed E-state index contributed by atoms with van der Waals surface area (Å²) in [7, 11) is 1.48. The zero-order valence-electron chi connectivity index (χ0n) is 20.6. The minimum absolute atomic E-state index is 0.00708. The molecule has 1 aliphatic rings. The lowest BCUT2D eigenvalue weighted by Crippen LogP contribution is -2.27. The molecule has 1 aromatic heterocycles. The third-order valence-electron chi connectivity index (χ3n) is 5.30. The molecule has 0 aliphatic carbocycles. The summed E-state index contributed by atoms with van der Waals surface area (Å²) >= 11 is 1.14. The van der Waals surface area contributed by atoms with E-state index in [1.165, 1.54) is 19.2 Å². The number of dihydropyridines is 1. The molecular formula is C24H27N3O8S. The molecule has 0 radical (unpaired) electrons. The van der Waals surface area contributed by atoms with Crippen LogP contribution in [-0.2, 0) is 18.9 Å². The maximum absolute atomic E-state index is 12.5. The van der Waals surface area contributed by atoms with Crippen LogP contribution in [0.25, 0.3) is 5.57 Å². The van der Waals surface area contributed by atoms with Crippen molar-refractivity contribution in [3.05, 3.63) is 72.7 Å². The van der Waals surface area contributed by atoms with E-state index in [0.29, 0.717) is 38.1 Å². The normalized spacial score (nSPS) is 15.4. The van der Waals surface area contributed by atoms with E-state index in [0.717, 1.165) is 11.3 Å². The molecule has 3 rings (SSSR count). The monoisotopic (exact) mass is 517 g/mol. The highest BCUT2D eigenvalue weighted by Crippen LogP contribution is 2.45. The maximum Gasteiger partial charge on any atom is 0.513 e. The Morgan fingerprint density at radius 3 is 2.58 bits per heavy atom. The van der Waals surface area contributed by atoms with Gasteiger partial charge < -0.3 is 24.3 Å². The average molecular weight is 518 g/mol. The number of nitro groups is 1. The minimum atomic E-state index is -0.944. The first-order valence-electron chi connectivity index (χ1n) is 11.1. The minimum Gasteiger partial charge on any atom is -0.462 e. The van der Waals surface area contributed by atoms with E-state index >= 15 is 0 Å². The van der Waals surface area contributed by atoms with Gasteiger partial charge in [0.05, 0.1) is 35.4 Å². The highest BCUT2D eigenvalue weighted by Gasteiger charge is 2.36. The Morgan fingerprint density at radius 2 is 1.92 bits per heavy atom. The van der Waals surface area contributed by atoms with Crippen molar-refractivity contribution < 1.29 is 33.5 Å². The summed E-state index contributed by atoms with van der Waals surface area (Å²) in [5.74, 6) is -1.04. The summed E-state index contributed by atoms with van der Waals surface area (Å²) in [5, 5.41) is 15.2. The maximum atomic E-state index is 12.5. The van der Waals surface area contributed by atoms with E-state index in [4.69, 9.17) is 18.9 Å². The molecule has 1 unspecified atom stereocenters. The molecule has 2 aromatic rings. The number of aromatic nitrogens is 1. The molecule has 1 aromatic carbocycles. The highest BCUT2D eigenvalue weighted by atomic mass is 32.1. The van der Waals surface area contributed by atoms with Crippen molar-refractivity contribution in [2.75, 3.05) is 26.9 Å². The summed E-state index contributed by atoms with van der Waals surface area (Å²) < 4.78 is 20.7. The average Bonchev–Trinajstić information content (AvgIpc) is 3.22. The smallest absolute Gasteiger partial charge is 0.462 e. The van der Waals surface area contributed by atoms with Gasteiger partial charge in [0.2, 0.25) is 0 Å². The second-order valence-electron chi connectivity index (χ2n) is 7.79. The fourth-order valence-electron chi connectivity index (χ4n) is 3.75. The lowest BCUT2D eigenvalue weighted by atomic mass is 9.85. The second kappa shape index (κ2) is 11.8. The Hall–Kier alpha value is -3.77. The number of hydrogen-bond acceptors (Lipinski definition) is 11. The van der Waals surface area contributed by atoms with Gasteiger partial charge in [-0.05, 0) is 33.3 Å². The van der Waals surface area contributed by atoms with Crippen LogP contribution in [0.15, 0.2) is 41.4 Å². The Morgan fingerprint density at radius 1 is 1.17 bits per heavy atom. The molecule has 0 amide bonds. The summed E-state index contributed by atoms with van der Waals surface area (Å²) in [6.07, 6.45) is -0.944. The molecule has 36 heavy (non-hydrogen) atoms. The van der Waals surface area contributed by atoms with Gasteiger partial charge in [0.25, 0.3) is 5.69 Å². The number of thiazole rings is 1. The number of allylic oxidation sites excluding steroid dienone is 3. The zero-order chi connectivity index (χ0) is 26.4. The Balaban J connectivity index is 2.12. The number of methoxy groups -OCH3 is 1. The first kappa shape index (κ1) is 26.8. The van der Waals surface area contributed by atoms with Crippen LogP contribution in [0.3, 0.4) is 0 Å². The van der Waals surface area contributed by atoms with Crippen LogP contribution >= 0.6 is 11.3 Å². The van der Waals surface area contributed by atoms with E-state index in [9.17, 15) is 19.7 Å². The first-order chi connectivity index (χ1) is 17.2. The van der Waals surface area contributed by atoms with E-state index in [1.54, 1.807) is 32.9 Å². The summed E-state index contributed by atoms with van der Waals surface area (Å²) in [5.41, 5.74) is 2.68. The fourth-order valence-corrected chi connectivity index (χ4v) is 4.85. The standard InChI is InChI=1S/C24H27N3O8S/c1-6-33-23(28)21-15(4)26-22(36-21)18-13(2)25-14(3)20(35-24(29)34-11-10-32-5)19(18)16-8-7-9-17(12-16)27(30)31/h7-9,12,19,25H,6,10-11H2,1-5H3. The van der Waals surface area contributed by atoms with Crippen molar-refractivity contribution in [1.29, 1.82) is 0 Å². The second-order valence-corrected chi connectivity index (χ2v) is 8.78. The largest absolute Gasteiger partial charge is 0.513 e. The number of non-ortho nitro benzene ring substituents is 1. The van der Waals surface area contributed by atoms with Gasteiger partial charge in [-0.3, -0.25) is 10.1 Å². The van der Waals surface area contributed by atoms with Crippen LogP contribution in [0.5, 0.6) is 0 Å². The van der Waals surface area contributed by atoms with Crippen molar-refractivity contribution in [3.63, 3.8) is 0 Å². The third-order valence-corrected chi connectivity index (χ3v) is 6.47. The lowest BCUT2D eigenvalue weighted by molar-refractivity contribution is -0.384. The Labute approximate surface area is 211 Å². The number of benzene rings is 1. The quantitative estimate of drug-likeness (QED) is 0.216. The van der Waals surface area contributed by atoms with Crippen LogP contribution < -0.4 is 5.32 Å². The summed E-state index contributed by atoms with van der Waals surface area (Å²) in [4.78, 5) is 40.8. The Bertz CT molecular complexity index is 1230. The van der Waals surface area contributed by atoms with Crippen LogP contribution in [0.1, 0.15) is 52.6 Å². The fraction of sp³-hybridized carbons (Fsp3) is 0.375. The zero-order valence-corrected chi connectivity index (χ0v) is 21.4. The number of aryl methyl sites for hydroxylation is 1. The van der Waals surface area contributed by atoms with Crippen LogP contribution in [0.4, 0.5) is 10.5 Å². The van der Waals surface area contributed by atoms with Crippen molar-refractivity contribution in [1.82, 2.24) is 10.3 Å². The number of hydrogen-bond donors (Lipinski definition) is 1. The van der Waals surface area contributed by atoms with Gasteiger partial charge >= 0.3 is 12.1 Å². The molecule has 0 saturated heterocycles. The van der Waals surface area contributed by atoms with Gasteiger partial charge in [-0.15, -0.1) is 11.3 Å². The number of nitro benzene ring substituents is 1. The molecule has 1 atom stereocenters. The van der Waals surface area contributed by atoms with Crippen molar-refractivity contribution in [2.45, 2.75) is 33.6 Å². The number of carbonyl (C=O) groups is 2. The number of esters is 1. The molecule has 11 nitrogen and oxygen atoms in total. The van der Waals surface area contributed by atoms with Crippen LogP contribution in [0.2, 0.25) is 0 Å². The van der Waals surface area contributed by atoms with Crippen molar-refractivity contribution in [2.24, 2.45) is 0 Å². The number of carbonyl (C=O) groups excluding carboxylic acids is 2. The predicted molar refractivity (Wildman–Crippen MR) is 131 cm³/mol. The number of ether oxygens (including phenoxy) is 4. The van der Waals surface area contributed by atoms with Crippen LogP contribution in [0, 0.1) is 17.0 Å². The molecule has 192 valence electrons. The van der Waals surface area contributed by atoms with Gasteiger partial charge in [-0.2, -0.15) is 0 Å². The van der Waals surface area contributed by atoms with Crippen molar-refractivity contribution >= 4 is 34.7 Å². The van der Waals surface area contributed by atoms with E-state index < -0.39 is 23.0 Å². The van der Waals surface area contributed by atoms with Gasteiger partial charge in [0.15, 0.2) is 0 Å². The first-order valence-corrected chi connectivity index (χ1v) is 11.9. The van der Waals surface area contributed by atoms with Gasteiger partial charge in [0, 0.05) is 30.5 Å². The van der Waals surface area contributed by atoms with Crippen LogP contribution in [-0.4, -0.2) is 49.0 Å². The molecule has 0 saturated carbocycles. The lowest BCUT2D eigenvalue weighted by Gasteiger charge is -2.30. The van der Waals surface area contributed by atoms with Gasteiger partial charge in [-0.1, -0.05) is 12.1 Å². The molecule has 12 heteroatoms. The SMILES string of the molecule is CCOC(=O)c1sc(C2=C(C)NC(C)=C(OC(=O)OCCOC)C2c2cccc([N+](=O)[O-])c2)nc1C. The highest BCUT2D eigenvalue weighted by molar-refractivity contribution is 7.14. The molecule has 1 aliphatic heterocycles. The van der Waals surface area contributed by atoms with E-state index in [2.05, 4.69) is 10.3 Å². The van der Waals surface area contributed by atoms with E-state index in [-0.39, 0.29) is 31.3 Å². The topological polar surface area (TPSA) is 139 Å². The molecule has 0 spiro atoms. The molecule has 0 fully saturated rings. The molecule has 1 N–H and O–H groups in total. The van der Waals surface area contributed by atoms with E-state index in [1.807, 2.05) is 6.92 Å². The number of nitrogens with one attached hydrogen (secondary N) is 1. The van der Waals surface area contributed by atoms with Gasteiger partial charge in [-0.25, -0.2) is 14.6 Å². The number of nitrogens with zero attached hydrogens (tertiary/aromatic N) is 2. The molecule has 0 bridgehead atoms. The summed E-state index contributed by atoms with van der Waals surface area (Å²) in [6, 6.07) is 6.06. The third kappa shape index (κ3) is 5.89. The van der Waals surface area contributed by atoms with Crippen molar-refractivity contribution in [3.8, 4) is 0 Å².